The molecule has 2 saturated heterocycles. The van der Waals surface area contributed by atoms with Crippen molar-refractivity contribution in [3.63, 3.8) is 0 Å². The van der Waals surface area contributed by atoms with Gasteiger partial charge in [0, 0.05) is 18.0 Å². The molecule has 1 aromatic rings. The molecule has 0 spiro atoms. The van der Waals surface area contributed by atoms with Crippen molar-refractivity contribution in [1.82, 2.24) is 5.32 Å². The van der Waals surface area contributed by atoms with Crippen molar-refractivity contribution in [1.29, 1.82) is 5.26 Å². The van der Waals surface area contributed by atoms with Gasteiger partial charge < -0.3 is 10.1 Å². The van der Waals surface area contributed by atoms with Crippen LogP contribution in [0.4, 0.5) is 4.39 Å². The van der Waals surface area contributed by atoms with E-state index in [1.54, 1.807) is 12.1 Å². The maximum Gasteiger partial charge on any atom is 0.169 e. The molecule has 5 heteroatoms. The molecule has 2 aliphatic heterocycles. The van der Waals surface area contributed by atoms with Crippen molar-refractivity contribution in [3.8, 4) is 6.07 Å². The predicted molar refractivity (Wildman–Crippen MR) is 69.7 cm³/mol. The van der Waals surface area contributed by atoms with Crippen LogP contribution in [0.5, 0.6) is 0 Å². The van der Waals surface area contributed by atoms with Crippen molar-refractivity contribution in [2.75, 3.05) is 13.2 Å². The summed E-state index contributed by atoms with van der Waals surface area (Å²) in [5, 5.41) is 12.2. The largest absolute Gasteiger partial charge is 0.378 e. The zero-order chi connectivity index (χ0) is 14.1. The summed E-state index contributed by atoms with van der Waals surface area (Å²) < 4.78 is 19.5. The van der Waals surface area contributed by atoms with Crippen LogP contribution >= 0.6 is 0 Å². The second kappa shape index (κ2) is 5.31. The first-order valence-corrected chi connectivity index (χ1v) is 6.75. The van der Waals surface area contributed by atoms with Gasteiger partial charge in [-0.05, 0) is 25.0 Å². The summed E-state index contributed by atoms with van der Waals surface area (Å²) in [6.07, 6.45) is 1.32. The first-order valence-electron chi connectivity index (χ1n) is 6.75. The molecule has 20 heavy (non-hydrogen) atoms. The van der Waals surface area contributed by atoms with Crippen LogP contribution in [0.25, 0.3) is 0 Å². The molecule has 2 aliphatic rings. The molecule has 1 N–H and O–H groups in total. The molecule has 3 rings (SSSR count). The molecule has 2 heterocycles. The van der Waals surface area contributed by atoms with Crippen LogP contribution in [-0.4, -0.2) is 31.1 Å². The fraction of sp³-hybridized carbons (Fsp3) is 0.467. The number of fused-ring (bicyclic) bond motifs is 2. The number of Topliss-reactive ketones (excluding diaryl/α,β-unsaturated/α-hetero) is 1. The molecule has 0 aromatic heterocycles. The van der Waals surface area contributed by atoms with Crippen LogP contribution in [-0.2, 0) is 4.74 Å². The van der Waals surface area contributed by atoms with Crippen LogP contribution in [0.2, 0.25) is 0 Å². The average molecular weight is 274 g/mol. The maximum absolute atomic E-state index is 14.1. The van der Waals surface area contributed by atoms with E-state index in [2.05, 4.69) is 5.32 Å². The number of hydrogen-bond acceptors (Lipinski definition) is 4. The van der Waals surface area contributed by atoms with Crippen molar-refractivity contribution in [2.45, 2.75) is 24.9 Å². The molecule has 0 aliphatic carbocycles. The molecule has 2 bridgehead atoms. The molecule has 1 aromatic carbocycles. The van der Waals surface area contributed by atoms with Crippen LogP contribution in [0, 0.1) is 23.1 Å². The molecule has 2 atom stereocenters. The third-order valence-electron chi connectivity index (χ3n) is 4.00. The molecule has 0 amide bonds. The van der Waals surface area contributed by atoms with Crippen molar-refractivity contribution < 1.29 is 13.9 Å². The van der Waals surface area contributed by atoms with Crippen molar-refractivity contribution in [2.24, 2.45) is 5.92 Å². The Kier molecular flexibility index (Phi) is 3.51. The molecule has 2 unspecified atom stereocenters. The van der Waals surface area contributed by atoms with E-state index in [9.17, 15) is 9.18 Å². The number of nitriles is 1. The quantitative estimate of drug-likeness (QED) is 0.833. The highest BCUT2D eigenvalue weighted by Crippen LogP contribution is 2.28. The lowest BCUT2D eigenvalue weighted by molar-refractivity contribution is 0.00945. The van der Waals surface area contributed by atoms with Gasteiger partial charge in [-0.25, -0.2) is 4.39 Å². The first-order chi connectivity index (χ1) is 9.69. The van der Waals surface area contributed by atoms with Crippen molar-refractivity contribution >= 4 is 5.78 Å². The Labute approximate surface area is 116 Å². The van der Waals surface area contributed by atoms with E-state index in [-0.39, 0.29) is 34.9 Å². The summed E-state index contributed by atoms with van der Waals surface area (Å²) in [6, 6.07) is 6.51. The molecule has 4 nitrogen and oxygen atoms in total. The number of carbonyl (C=O) groups is 1. The molecule has 0 saturated carbocycles. The fourth-order valence-electron chi connectivity index (χ4n) is 3.08. The van der Waals surface area contributed by atoms with Gasteiger partial charge in [0.2, 0.25) is 0 Å². The Bertz CT molecular complexity index is 570. The second-order valence-electron chi connectivity index (χ2n) is 5.41. The number of nitrogens with one attached hydrogen (secondary N) is 1. The molecule has 2 fully saturated rings. The summed E-state index contributed by atoms with van der Waals surface area (Å²) >= 11 is 0. The number of benzene rings is 1. The zero-order valence-corrected chi connectivity index (χ0v) is 10.9. The van der Waals surface area contributed by atoms with E-state index in [0.29, 0.717) is 26.1 Å². The Morgan fingerprint density at radius 3 is 2.70 bits per heavy atom. The molecular weight excluding hydrogens is 259 g/mol. The number of hydrogen-bond donors (Lipinski definition) is 1. The van der Waals surface area contributed by atoms with Gasteiger partial charge >= 0.3 is 0 Å². The lowest BCUT2D eigenvalue weighted by Crippen LogP contribution is -2.55. The van der Waals surface area contributed by atoms with Gasteiger partial charge in [-0.15, -0.1) is 0 Å². The first kappa shape index (κ1) is 13.2. The Hall–Kier alpha value is -1.77. The highest BCUT2D eigenvalue weighted by atomic mass is 19.1. The number of carbonyl (C=O) groups excluding carboxylic acids is 1. The molecule has 104 valence electrons. The smallest absolute Gasteiger partial charge is 0.169 e. The zero-order valence-electron chi connectivity index (χ0n) is 10.9. The van der Waals surface area contributed by atoms with E-state index in [1.165, 1.54) is 12.1 Å². The van der Waals surface area contributed by atoms with Gasteiger partial charge in [-0.3, -0.25) is 4.79 Å². The lowest BCUT2D eigenvalue weighted by atomic mass is 9.82. The third-order valence-corrected chi connectivity index (χ3v) is 4.00. The second-order valence-corrected chi connectivity index (χ2v) is 5.41. The summed E-state index contributed by atoms with van der Waals surface area (Å²) in [4.78, 5) is 12.5. The highest BCUT2D eigenvalue weighted by Gasteiger charge is 2.36. The molecular formula is C15H15FN2O2. The van der Waals surface area contributed by atoms with Gasteiger partial charge in [-0.1, -0.05) is 6.07 Å². The number of piperidine rings is 1. The van der Waals surface area contributed by atoms with Gasteiger partial charge in [0.15, 0.2) is 11.6 Å². The average Bonchev–Trinajstić information content (AvgIpc) is 2.46. The normalized spacial score (nSPS) is 28.7. The van der Waals surface area contributed by atoms with E-state index in [0.717, 1.165) is 0 Å². The number of nitrogens with zero attached hydrogens (tertiary/aromatic N) is 1. The summed E-state index contributed by atoms with van der Waals surface area (Å²) in [5.41, 5.74) is -0.0387. The van der Waals surface area contributed by atoms with Crippen LogP contribution < -0.4 is 5.32 Å². The Balaban J connectivity index is 1.84. The topological polar surface area (TPSA) is 62.1 Å². The monoisotopic (exact) mass is 274 g/mol. The van der Waals surface area contributed by atoms with Gasteiger partial charge in [0.05, 0.1) is 24.3 Å². The highest BCUT2D eigenvalue weighted by molar-refractivity contribution is 5.98. The Morgan fingerprint density at radius 2 is 2.05 bits per heavy atom. The Morgan fingerprint density at radius 1 is 1.35 bits per heavy atom. The molecule has 0 radical (unpaired) electrons. The van der Waals surface area contributed by atoms with Crippen LogP contribution in [0.15, 0.2) is 18.2 Å². The predicted octanol–water partition coefficient (Wildman–Crippen LogP) is 1.65. The standard InChI is InChI=1S/C15H15FN2O2/c16-14-9(6-17)2-1-3-13(14)15(19)10-4-11-7-20-8-12(5-10)18-11/h1-3,10-12,18H,4-5,7-8H2. The van der Waals surface area contributed by atoms with Crippen molar-refractivity contribution in [3.05, 3.63) is 35.1 Å². The van der Waals surface area contributed by atoms with Crippen LogP contribution in [0.3, 0.4) is 0 Å². The minimum absolute atomic E-state index is 0.0370. The van der Waals surface area contributed by atoms with Gasteiger partial charge in [0.1, 0.15) is 6.07 Å². The summed E-state index contributed by atoms with van der Waals surface area (Å²) in [5.74, 6) is -1.09. The lowest BCUT2D eigenvalue weighted by Gasteiger charge is -2.39. The number of rotatable bonds is 2. The number of halogens is 1. The number of ketones is 1. The number of morpholine rings is 1. The maximum atomic E-state index is 14.1. The van der Waals surface area contributed by atoms with Gasteiger partial charge in [-0.2, -0.15) is 5.26 Å². The minimum atomic E-state index is -0.694. The third kappa shape index (κ3) is 2.33. The van der Waals surface area contributed by atoms with Gasteiger partial charge in [0.25, 0.3) is 0 Å². The summed E-state index contributed by atoms with van der Waals surface area (Å²) in [7, 11) is 0. The number of ether oxygens (including phenoxy) is 1. The van der Waals surface area contributed by atoms with Crippen LogP contribution in [0.1, 0.15) is 28.8 Å². The van der Waals surface area contributed by atoms with E-state index < -0.39 is 5.82 Å². The minimum Gasteiger partial charge on any atom is -0.378 e. The summed E-state index contributed by atoms with van der Waals surface area (Å²) in [6.45, 7) is 1.20. The van der Waals surface area contributed by atoms with E-state index in [1.807, 2.05) is 0 Å². The van der Waals surface area contributed by atoms with E-state index >= 15 is 0 Å². The fourth-order valence-corrected chi connectivity index (χ4v) is 3.08. The SMILES string of the molecule is N#Cc1cccc(C(=O)C2CC3COCC(C2)N3)c1F. The van der Waals surface area contributed by atoms with E-state index in [4.69, 9.17) is 10.00 Å².